The van der Waals surface area contributed by atoms with Crippen molar-refractivity contribution in [2.45, 2.75) is 52.3 Å². The zero-order chi connectivity index (χ0) is 13.1. The highest BCUT2D eigenvalue weighted by Crippen LogP contribution is 2.24. The number of nitrogens with one attached hydrogen (secondary N) is 2. The third kappa shape index (κ3) is 4.66. The normalized spacial score (nSPS) is 13.8. The monoisotopic (exact) mass is 249 g/mol. The average molecular weight is 249 g/mol. The molecule has 0 aliphatic rings. The summed E-state index contributed by atoms with van der Waals surface area (Å²) in [6.07, 6.45) is -4.14. The molecule has 0 aromatic carbocycles. The summed E-state index contributed by atoms with van der Waals surface area (Å²) in [6.45, 7) is 5.61. The fourth-order valence-corrected chi connectivity index (χ4v) is 1.69. The number of hydrogen-bond donors (Lipinski definition) is 2. The van der Waals surface area contributed by atoms with E-state index in [4.69, 9.17) is 0 Å². The van der Waals surface area contributed by atoms with Crippen molar-refractivity contribution in [2.24, 2.45) is 0 Å². The number of aromatic nitrogens is 2. The first-order valence-corrected chi connectivity index (χ1v) is 5.64. The summed E-state index contributed by atoms with van der Waals surface area (Å²) >= 11 is 0. The highest BCUT2D eigenvalue weighted by atomic mass is 19.4. The molecule has 2 N–H and O–H groups in total. The second-order valence-electron chi connectivity index (χ2n) is 4.36. The lowest BCUT2D eigenvalue weighted by molar-refractivity contribution is -0.135. The van der Waals surface area contributed by atoms with E-state index in [9.17, 15) is 13.2 Å². The second-order valence-corrected chi connectivity index (χ2v) is 4.36. The molecule has 1 heterocycles. The van der Waals surface area contributed by atoms with E-state index in [0.29, 0.717) is 6.42 Å². The average Bonchev–Trinajstić information content (AvgIpc) is 2.47. The Kier molecular flexibility index (Phi) is 4.42. The number of aromatic amines is 1. The lowest BCUT2D eigenvalue weighted by atomic mass is 10.1. The fraction of sp³-hybridized carbons (Fsp3) is 0.727. The summed E-state index contributed by atoms with van der Waals surface area (Å²) in [4.78, 5) is 0. The molecule has 0 saturated carbocycles. The Hall–Kier alpha value is -1.20. The van der Waals surface area contributed by atoms with Gasteiger partial charge in [0.15, 0.2) is 0 Å². The summed E-state index contributed by atoms with van der Waals surface area (Å²) < 4.78 is 35.9. The zero-order valence-corrected chi connectivity index (χ0v) is 10.3. The number of hydrogen-bond acceptors (Lipinski definition) is 2. The Bertz CT molecular complexity index is 338. The minimum atomic E-state index is -4.05. The van der Waals surface area contributed by atoms with Crippen LogP contribution >= 0.6 is 0 Å². The SMILES string of the molecule is Cc1n[nH]c(C)c1NC(C)CCCC(F)(F)F. The van der Waals surface area contributed by atoms with Gasteiger partial charge in [-0.1, -0.05) is 0 Å². The Balaban J connectivity index is 2.38. The van der Waals surface area contributed by atoms with Crippen molar-refractivity contribution in [3.63, 3.8) is 0 Å². The summed E-state index contributed by atoms with van der Waals surface area (Å²) in [5, 5.41) is 10.0. The van der Waals surface area contributed by atoms with E-state index >= 15 is 0 Å². The molecule has 0 aliphatic heterocycles. The molecule has 1 rings (SSSR count). The van der Waals surface area contributed by atoms with Crippen LogP contribution in [0.3, 0.4) is 0 Å². The molecule has 98 valence electrons. The van der Waals surface area contributed by atoms with Crippen molar-refractivity contribution in [1.29, 1.82) is 0 Å². The van der Waals surface area contributed by atoms with Crippen molar-refractivity contribution in [3.8, 4) is 0 Å². The molecule has 0 spiro atoms. The number of aryl methyl sites for hydroxylation is 2. The van der Waals surface area contributed by atoms with Gasteiger partial charge in [0.2, 0.25) is 0 Å². The molecule has 17 heavy (non-hydrogen) atoms. The third-order valence-corrected chi connectivity index (χ3v) is 2.62. The second kappa shape index (κ2) is 5.42. The van der Waals surface area contributed by atoms with Gasteiger partial charge in [-0.25, -0.2) is 0 Å². The molecule has 1 aromatic rings. The third-order valence-electron chi connectivity index (χ3n) is 2.62. The van der Waals surface area contributed by atoms with E-state index in [1.54, 1.807) is 0 Å². The van der Waals surface area contributed by atoms with Crippen LogP contribution < -0.4 is 5.32 Å². The first kappa shape index (κ1) is 13.9. The van der Waals surface area contributed by atoms with Crippen LogP contribution in [0.4, 0.5) is 18.9 Å². The molecule has 0 radical (unpaired) electrons. The predicted octanol–water partition coefficient (Wildman–Crippen LogP) is 3.56. The summed E-state index contributed by atoms with van der Waals surface area (Å²) in [5.41, 5.74) is 2.64. The maximum absolute atomic E-state index is 12.0. The lowest BCUT2D eigenvalue weighted by Gasteiger charge is -2.15. The summed E-state index contributed by atoms with van der Waals surface area (Å²) in [5.74, 6) is 0. The molecule has 1 unspecified atom stereocenters. The van der Waals surface area contributed by atoms with Crippen molar-refractivity contribution in [2.75, 3.05) is 5.32 Å². The van der Waals surface area contributed by atoms with Crippen LogP contribution in [0.25, 0.3) is 0 Å². The molecular formula is C11H18F3N3. The van der Waals surface area contributed by atoms with E-state index < -0.39 is 12.6 Å². The van der Waals surface area contributed by atoms with Gasteiger partial charge in [0.1, 0.15) is 0 Å². The number of halogens is 3. The van der Waals surface area contributed by atoms with Gasteiger partial charge >= 0.3 is 6.18 Å². The van der Waals surface area contributed by atoms with E-state index in [-0.39, 0.29) is 12.5 Å². The zero-order valence-electron chi connectivity index (χ0n) is 10.3. The Morgan fingerprint density at radius 1 is 1.35 bits per heavy atom. The van der Waals surface area contributed by atoms with Gasteiger partial charge in [-0.15, -0.1) is 0 Å². The molecule has 1 aromatic heterocycles. The molecule has 0 saturated heterocycles. The van der Waals surface area contributed by atoms with E-state index in [1.165, 1.54) is 0 Å². The number of alkyl halides is 3. The Labute approximate surface area is 98.8 Å². The highest BCUT2D eigenvalue weighted by Gasteiger charge is 2.26. The van der Waals surface area contributed by atoms with Crippen molar-refractivity contribution >= 4 is 5.69 Å². The van der Waals surface area contributed by atoms with E-state index in [1.807, 2.05) is 20.8 Å². The maximum atomic E-state index is 12.0. The molecule has 0 aliphatic carbocycles. The largest absolute Gasteiger partial charge is 0.389 e. The Morgan fingerprint density at radius 2 is 2.00 bits per heavy atom. The first-order chi connectivity index (χ1) is 7.79. The number of anilines is 1. The molecule has 0 bridgehead atoms. The van der Waals surface area contributed by atoms with Gasteiger partial charge < -0.3 is 5.32 Å². The van der Waals surface area contributed by atoms with Crippen LogP contribution in [0.15, 0.2) is 0 Å². The highest BCUT2D eigenvalue weighted by molar-refractivity contribution is 5.51. The molecule has 3 nitrogen and oxygen atoms in total. The van der Waals surface area contributed by atoms with Gasteiger partial charge in [0.25, 0.3) is 0 Å². The molecule has 1 atom stereocenters. The van der Waals surface area contributed by atoms with Crippen molar-refractivity contribution in [1.82, 2.24) is 10.2 Å². The van der Waals surface area contributed by atoms with Gasteiger partial charge in [-0.3, -0.25) is 5.10 Å². The fourth-order valence-electron chi connectivity index (χ4n) is 1.69. The Morgan fingerprint density at radius 3 is 2.47 bits per heavy atom. The minimum absolute atomic E-state index is 0.00681. The van der Waals surface area contributed by atoms with Crippen LogP contribution in [0.2, 0.25) is 0 Å². The maximum Gasteiger partial charge on any atom is 0.389 e. The summed E-state index contributed by atoms with van der Waals surface area (Å²) in [7, 11) is 0. The van der Waals surface area contributed by atoms with Crippen LogP contribution in [-0.2, 0) is 0 Å². The van der Waals surface area contributed by atoms with Crippen LogP contribution in [-0.4, -0.2) is 22.4 Å². The van der Waals surface area contributed by atoms with Gasteiger partial charge in [0, 0.05) is 12.5 Å². The molecule has 0 fully saturated rings. The molecule has 6 heteroatoms. The quantitative estimate of drug-likeness (QED) is 0.837. The lowest BCUT2D eigenvalue weighted by Crippen LogP contribution is -2.17. The first-order valence-electron chi connectivity index (χ1n) is 5.64. The van der Waals surface area contributed by atoms with Crippen molar-refractivity contribution in [3.05, 3.63) is 11.4 Å². The van der Waals surface area contributed by atoms with Gasteiger partial charge in [0.05, 0.1) is 17.1 Å². The smallest absolute Gasteiger partial charge is 0.380 e. The molecular weight excluding hydrogens is 231 g/mol. The van der Waals surface area contributed by atoms with Crippen LogP contribution in [0.1, 0.15) is 37.6 Å². The standard InChI is InChI=1S/C11H18F3N3/c1-7(5-4-6-11(12,13)14)15-10-8(2)16-17-9(10)3/h7,15H,4-6H2,1-3H3,(H,16,17). The van der Waals surface area contributed by atoms with E-state index in [0.717, 1.165) is 17.1 Å². The van der Waals surface area contributed by atoms with Gasteiger partial charge in [-0.05, 0) is 33.6 Å². The van der Waals surface area contributed by atoms with Crippen LogP contribution in [0.5, 0.6) is 0 Å². The van der Waals surface area contributed by atoms with E-state index in [2.05, 4.69) is 15.5 Å². The topological polar surface area (TPSA) is 40.7 Å². The number of rotatable bonds is 5. The van der Waals surface area contributed by atoms with Gasteiger partial charge in [-0.2, -0.15) is 18.3 Å². The number of nitrogens with zero attached hydrogens (tertiary/aromatic N) is 1. The summed E-state index contributed by atoms with van der Waals surface area (Å²) in [6, 6.07) is 0.00681. The predicted molar refractivity (Wildman–Crippen MR) is 61.1 cm³/mol. The van der Waals surface area contributed by atoms with Crippen LogP contribution in [0, 0.1) is 13.8 Å². The minimum Gasteiger partial charge on any atom is -0.380 e. The number of H-pyrrole nitrogens is 1. The molecule has 0 amide bonds. The van der Waals surface area contributed by atoms with Crippen molar-refractivity contribution < 1.29 is 13.2 Å².